The Morgan fingerprint density at radius 3 is 2.62 bits per heavy atom. The summed E-state index contributed by atoms with van der Waals surface area (Å²) in [4.78, 5) is 2.19. The van der Waals surface area contributed by atoms with E-state index >= 15 is 0 Å². The van der Waals surface area contributed by atoms with Crippen molar-refractivity contribution < 1.29 is 22.3 Å². The van der Waals surface area contributed by atoms with E-state index in [0.717, 1.165) is 31.6 Å². The van der Waals surface area contributed by atoms with Crippen molar-refractivity contribution >= 4 is 5.69 Å². The first-order valence-corrected chi connectivity index (χ1v) is 6.75. The van der Waals surface area contributed by atoms with Crippen molar-refractivity contribution in [3.63, 3.8) is 0 Å². The summed E-state index contributed by atoms with van der Waals surface area (Å²) in [6.45, 7) is 3.86. The van der Waals surface area contributed by atoms with Crippen LogP contribution in [0.1, 0.15) is 13.3 Å². The molecule has 1 aliphatic rings. The summed E-state index contributed by atoms with van der Waals surface area (Å²) in [7, 11) is 2.02. The summed E-state index contributed by atoms with van der Waals surface area (Å²) < 4.78 is 53.8. The van der Waals surface area contributed by atoms with Gasteiger partial charge in [0.25, 0.3) is 0 Å². The fourth-order valence-electron chi connectivity index (χ4n) is 2.58. The fourth-order valence-corrected chi connectivity index (χ4v) is 2.58. The monoisotopic (exact) mass is 306 g/mol. The highest BCUT2D eigenvalue weighted by molar-refractivity contribution is 5.49. The van der Waals surface area contributed by atoms with Crippen LogP contribution in [-0.2, 0) is 0 Å². The van der Waals surface area contributed by atoms with E-state index in [-0.39, 0.29) is 11.7 Å². The normalized spacial score (nSPS) is 23.9. The molecule has 21 heavy (non-hydrogen) atoms. The van der Waals surface area contributed by atoms with Crippen LogP contribution in [0, 0.1) is 11.7 Å². The molecule has 0 amide bonds. The molecule has 1 saturated heterocycles. The molecule has 1 aromatic rings. The van der Waals surface area contributed by atoms with E-state index in [2.05, 4.69) is 21.9 Å². The minimum absolute atomic E-state index is 0.102. The molecule has 2 rings (SSSR count). The number of likely N-dealkylation sites (tertiary alicyclic amines) is 1. The molecule has 1 aromatic carbocycles. The van der Waals surface area contributed by atoms with Crippen LogP contribution in [0.25, 0.3) is 0 Å². The second-order valence-electron chi connectivity index (χ2n) is 5.47. The highest BCUT2D eigenvalue weighted by Gasteiger charge is 2.31. The van der Waals surface area contributed by atoms with Gasteiger partial charge in [0.15, 0.2) is 0 Å². The molecular weight excluding hydrogens is 288 g/mol. The van der Waals surface area contributed by atoms with E-state index in [1.165, 1.54) is 6.07 Å². The Morgan fingerprint density at radius 1 is 1.33 bits per heavy atom. The lowest BCUT2D eigenvalue weighted by Crippen LogP contribution is -2.43. The molecule has 2 atom stereocenters. The maximum absolute atomic E-state index is 13.9. The van der Waals surface area contributed by atoms with Gasteiger partial charge < -0.3 is 15.0 Å². The molecule has 7 heteroatoms. The molecule has 0 spiro atoms. The molecule has 1 aliphatic heterocycles. The number of alkyl halides is 3. The number of nitrogens with one attached hydrogen (secondary N) is 1. The lowest BCUT2D eigenvalue weighted by atomic mass is 9.94. The first kappa shape index (κ1) is 15.9. The molecule has 0 bridgehead atoms. The second-order valence-corrected chi connectivity index (χ2v) is 5.47. The van der Waals surface area contributed by atoms with E-state index in [4.69, 9.17) is 0 Å². The zero-order valence-electron chi connectivity index (χ0n) is 11.9. The first-order chi connectivity index (χ1) is 9.74. The number of piperidine rings is 1. The lowest BCUT2D eigenvalue weighted by molar-refractivity contribution is -0.274. The van der Waals surface area contributed by atoms with E-state index in [1.54, 1.807) is 0 Å². The van der Waals surface area contributed by atoms with Gasteiger partial charge in [0.2, 0.25) is 0 Å². The van der Waals surface area contributed by atoms with Gasteiger partial charge in [-0.05, 0) is 38.1 Å². The van der Waals surface area contributed by atoms with Crippen molar-refractivity contribution in [2.75, 3.05) is 25.5 Å². The molecule has 0 aromatic heterocycles. The zero-order valence-corrected chi connectivity index (χ0v) is 11.9. The highest BCUT2D eigenvalue weighted by atomic mass is 19.4. The van der Waals surface area contributed by atoms with Gasteiger partial charge in [-0.2, -0.15) is 0 Å². The summed E-state index contributed by atoms with van der Waals surface area (Å²) in [5.41, 5.74) is 0.200. The van der Waals surface area contributed by atoms with Gasteiger partial charge in [-0.25, -0.2) is 4.39 Å². The molecule has 118 valence electrons. The van der Waals surface area contributed by atoms with Gasteiger partial charge in [-0.15, -0.1) is 13.2 Å². The van der Waals surface area contributed by atoms with Crippen molar-refractivity contribution in [3.8, 4) is 5.75 Å². The van der Waals surface area contributed by atoms with Gasteiger partial charge >= 0.3 is 6.36 Å². The molecule has 1 heterocycles. The fraction of sp³-hybridized carbons (Fsp3) is 0.571. The van der Waals surface area contributed by atoms with Crippen LogP contribution in [0.5, 0.6) is 5.75 Å². The summed E-state index contributed by atoms with van der Waals surface area (Å²) in [5.74, 6) is -0.973. The number of hydrogen-bond donors (Lipinski definition) is 1. The summed E-state index contributed by atoms with van der Waals surface area (Å²) in [6, 6.07) is 3.24. The van der Waals surface area contributed by atoms with Gasteiger partial charge in [-0.3, -0.25) is 0 Å². The number of hydrogen-bond acceptors (Lipinski definition) is 3. The van der Waals surface area contributed by atoms with E-state index in [9.17, 15) is 17.6 Å². The molecule has 0 aliphatic carbocycles. The Bertz CT molecular complexity index is 492. The van der Waals surface area contributed by atoms with Crippen molar-refractivity contribution in [3.05, 3.63) is 24.0 Å². The van der Waals surface area contributed by atoms with Crippen LogP contribution in [0.4, 0.5) is 23.2 Å². The van der Waals surface area contributed by atoms with Crippen LogP contribution in [0.2, 0.25) is 0 Å². The Balaban J connectivity index is 2.04. The topological polar surface area (TPSA) is 24.5 Å². The number of rotatable bonds is 3. The van der Waals surface area contributed by atoms with Gasteiger partial charge in [0.1, 0.15) is 11.6 Å². The summed E-state index contributed by atoms with van der Waals surface area (Å²) in [6.07, 6.45) is -3.96. The van der Waals surface area contributed by atoms with Crippen LogP contribution >= 0.6 is 0 Å². The average Bonchev–Trinajstić information content (AvgIpc) is 2.33. The molecule has 3 nitrogen and oxygen atoms in total. The quantitative estimate of drug-likeness (QED) is 0.865. The number of nitrogens with zero attached hydrogens (tertiary/aromatic N) is 1. The maximum Gasteiger partial charge on any atom is 0.573 e. The van der Waals surface area contributed by atoms with E-state index in [0.29, 0.717) is 5.92 Å². The van der Waals surface area contributed by atoms with Crippen molar-refractivity contribution in [1.29, 1.82) is 0 Å². The van der Waals surface area contributed by atoms with Crippen LogP contribution < -0.4 is 10.1 Å². The first-order valence-electron chi connectivity index (χ1n) is 6.75. The third-order valence-electron chi connectivity index (χ3n) is 3.62. The largest absolute Gasteiger partial charge is 0.573 e. The standard InChI is InChI=1S/C14H18F4N2O/c1-9-8-20(2)6-5-12(9)19-13-4-3-10(7-11(13)15)21-14(16,17)18/h3-4,7,9,12,19H,5-6,8H2,1-2H3/t9-,12+/m0/s1. The van der Waals surface area contributed by atoms with Crippen LogP contribution in [-0.4, -0.2) is 37.4 Å². The molecule has 1 fully saturated rings. The van der Waals surface area contributed by atoms with Gasteiger partial charge in [0, 0.05) is 18.7 Å². The number of anilines is 1. The summed E-state index contributed by atoms with van der Waals surface area (Å²) in [5, 5.41) is 3.07. The third kappa shape index (κ3) is 4.49. The number of halogens is 4. The molecule has 0 unspecified atom stereocenters. The van der Waals surface area contributed by atoms with Crippen LogP contribution in [0.3, 0.4) is 0 Å². The third-order valence-corrected chi connectivity index (χ3v) is 3.62. The van der Waals surface area contributed by atoms with Crippen molar-refractivity contribution in [1.82, 2.24) is 4.90 Å². The van der Waals surface area contributed by atoms with E-state index in [1.807, 2.05) is 7.05 Å². The zero-order chi connectivity index (χ0) is 15.6. The molecule has 0 saturated carbocycles. The minimum Gasteiger partial charge on any atom is -0.406 e. The predicted octanol–water partition coefficient (Wildman–Crippen LogP) is 3.48. The highest BCUT2D eigenvalue weighted by Crippen LogP contribution is 2.28. The number of ether oxygens (including phenoxy) is 1. The predicted molar refractivity (Wildman–Crippen MR) is 71.8 cm³/mol. The van der Waals surface area contributed by atoms with Gasteiger partial charge in [0.05, 0.1) is 5.69 Å². The summed E-state index contributed by atoms with van der Waals surface area (Å²) >= 11 is 0. The Labute approximate surface area is 120 Å². The smallest absolute Gasteiger partial charge is 0.406 e. The Morgan fingerprint density at radius 2 is 2.05 bits per heavy atom. The number of benzene rings is 1. The molecule has 1 N–H and O–H groups in total. The van der Waals surface area contributed by atoms with Gasteiger partial charge in [-0.1, -0.05) is 6.92 Å². The SMILES string of the molecule is C[C@H]1CN(C)CC[C@H]1Nc1ccc(OC(F)(F)F)cc1F. The van der Waals surface area contributed by atoms with Crippen molar-refractivity contribution in [2.24, 2.45) is 5.92 Å². The minimum atomic E-state index is -4.82. The lowest BCUT2D eigenvalue weighted by Gasteiger charge is -2.35. The van der Waals surface area contributed by atoms with Crippen molar-refractivity contribution in [2.45, 2.75) is 25.7 Å². The van der Waals surface area contributed by atoms with Crippen LogP contribution in [0.15, 0.2) is 18.2 Å². The second kappa shape index (κ2) is 6.09. The van der Waals surface area contributed by atoms with E-state index < -0.39 is 17.9 Å². The average molecular weight is 306 g/mol. The molecule has 0 radical (unpaired) electrons. The Hall–Kier alpha value is -1.50. The molecular formula is C14H18F4N2O. The Kier molecular flexibility index (Phi) is 4.61. The maximum atomic E-state index is 13.9.